The van der Waals surface area contributed by atoms with Gasteiger partial charge in [0, 0.05) is 64.0 Å². The molecule has 20 nitrogen and oxygen atoms in total. The van der Waals surface area contributed by atoms with Crippen molar-refractivity contribution >= 4 is 95.8 Å². The van der Waals surface area contributed by atoms with Gasteiger partial charge in [0.05, 0.1) is 44.4 Å². The zero-order valence-corrected chi connectivity index (χ0v) is 41.8. The third-order valence-electron chi connectivity index (χ3n) is 12.9. The number of hydrogen-bond acceptors (Lipinski definition) is 13. The largest absolute Gasteiger partial charge is 0.478 e. The van der Waals surface area contributed by atoms with Crippen LogP contribution in [0.2, 0.25) is 0 Å². The maximum atomic E-state index is 12.8. The number of fused-ring (bicyclic) bond motifs is 6. The lowest BCUT2D eigenvalue weighted by atomic mass is 9.74. The molecule has 68 heavy (non-hydrogen) atoms. The van der Waals surface area contributed by atoms with E-state index in [1.807, 2.05) is 34.6 Å². The van der Waals surface area contributed by atoms with E-state index in [-0.39, 0.29) is 66.4 Å². The van der Waals surface area contributed by atoms with Crippen LogP contribution in [0.25, 0.3) is 10.8 Å². The van der Waals surface area contributed by atoms with Crippen LogP contribution < -0.4 is 4.90 Å². The molecule has 3 heterocycles. The molecule has 0 saturated carbocycles. The number of carboxylic acid groups (broad SMARTS) is 1. The highest BCUT2D eigenvalue weighted by molar-refractivity contribution is 7.87. The first-order valence-corrected chi connectivity index (χ1v) is 28.6. The quantitative estimate of drug-likeness (QED) is 0.0499. The average molecular weight is 1040 g/mol. The summed E-state index contributed by atoms with van der Waals surface area (Å²) in [5.74, 6) is -3.20. The van der Waals surface area contributed by atoms with Crippen molar-refractivity contribution in [3.8, 4) is 0 Å². The van der Waals surface area contributed by atoms with E-state index in [4.69, 9.17) is 4.99 Å². The second kappa shape index (κ2) is 17.9. The highest BCUT2D eigenvalue weighted by atomic mass is 32.2. The number of carbonyl (C=O) groups is 1. The van der Waals surface area contributed by atoms with Crippen molar-refractivity contribution in [1.82, 2.24) is 0 Å². The second-order valence-electron chi connectivity index (χ2n) is 18.2. The lowest BCUT2D eigenvalue weighted by Crippen LogP contribution is -2.30. The number of rotatable bonds is 18. The van der Waals surface area contributed by atoms with Crippen molar-refractivity contribution in [1.29, 1.82) is 0 Å². The van der Waals surface area contributed by atoms with Gasteiger partial charge in [-0.2, -0.15) is 46.7 Å². The minimum atomic E-state index is -5.15. The minimum absolute atomic E-state index is 0.0196. The smallest absolute Gasteiger partial charge is 0.336 e. The second-order valence-corrected chi connectivity index (χ2v) is 25.7. The molecule has 3 aliphatic heterocycles. The van der Waals surface area contributed by atoms with Crippen molar-refractivity contribution in [3.05, 3.63) is 88.7 Å². The Morgan fingerprint density at radius 2 is 1.31 bits per heavy atom. The first-order valence-electron chi connectivity index (χ1n) is 20.9. The van der Waals surface area contributed by atoms with E-state index in [0.29, 0.717) is 45.7 Å². The SMILES string of the molecule is CC1=Nc2c(c(C(=O)O)cc3c2C(C)(C)C(C=CC=CC=C2N(CCCS(=O)(=O)O)c4ccc5c(S(=O)(=O)O)cc(S(=O)(=O)O)cc5c4C2(C)CCCS(=O)(=O)O)=[N+]3CCCS(=O)(=O)O)C1(C)C. The third kappa shape index (κ3) is 10.4. The molecule has 3 aliphatic rings. The Bertz CT molecular complexity index is 3410. The van der Waals surface area contributed by atoms with Crippen LogP contribution >= 0.6 is 0 Å². The fourth-order valence-corrected chi connectivity index (χ4v) is 12.5. The van der Waals surface area contributed by atoms with Crippen LogP contribution in [0.4, 0.5) is 17.1 Å². The molecule has 3 aromatic carbocycles. The van der Waals surface area contributed by atoms with Crippen LogP contribution in [0.5, 0.6) is 0 Å². The van der Waals surface area contributed by atoms with Crippen molar-refractivity contribution < 1.29 is 79.3 Å². The van der Waals surface area contributed by atoms with Gasteiger partial charge in [-0.1, -0.05) is 38.1 Å². The van der Waals surface area contributed by atoms with E-state index in [9.17, 15) is 74.8 Å². The summed E-state index contributed by atoms with van der Waals surface area (Å²) in [4.78, 5) is 17.5. The third-order valence-corrected chi connectivity index (χ3v) is 17.0. The Hall–Kier alpha value is -4.70. The molecular weight excluding hydrogens is 991 g/mol. The molecule has 0 aromatic heterocycles. The molecule has 0 fully saturated rings. The number of aliphatic imine (C=N–C) groups is 1. The zero-order chi connectivity index (χ0) is 51.0. The number of benzene rings is 3. The van der Waals surface area contributed by atoms with Crippen LogP contribution in [0.15, 0.2) is 81.2 Å². The number of carboxylic acids is 1. The number of nitrogens with zero attached hydrogens (tertiary/aromatic N) is 3. The number of anilines is 1. The van der Waals surface area contributed by atoms with E-state index in [1.54, 1.807) is 52.8 Å². The number of allylic oxidation sites excluding steroid dienone is 6. The van der Waals surface area contributed by atoms with Gasteiger partial charge < -0.3 is 10.0 Å². The van der Waals surface area contributed by atoms with Crippen molar-refractivity contribution in [2.24, 2.45) is 4.99 Å². The van der Waals surface area contributed by atoms with Crippen LogP contribution in [0, 0.1) is 0 Å². The van der Waals surface area contributed by atoms with Gasteiger partial charge >= 0.3 is 5.97 Å². The summed E-state index contributed by atoms with van der Waals surface area (Å²) in [6.45, 7) is 10.9. The van der Waals surface area contributed by atoms with Crippen LogP contribution in [0.3, 0.4) is 0 Å². The minimum Gasteiger partial charge on any atom is -0.478 e. The van der Waals surface area contributed by atoms with Gasteiger partial charge in [0.25, 0.3) is 50.6 Å². The molecule has 25 heteroatoms. The molecule has 0 saturated heterocycles. The standard InChI is InChI=1S/C43H51N3O17S5/c1-26-41(2,3)37-30(40(47)48)25-32-38(39(37)44-26)42(4,5)34(46(32)19-12-22-66(55,56)57)13-8-7-9-14-35-43(6,17-10-20-64(49,50)51)36-29-23-27(67(58,59)60)24-33(68(61,62)63)28(29)15-16-31(36)45(35)18-11-21-65(52,53)54/h7-9,13-16,23-25H,10-12,17-22H2,1-6H3,(H5-,47,48,49,50,51,52,53,54,55,56,57,58,59,60,61,62,63)/p+1. The first-order chi connectivity index (χ1) is 31.0. The van der Waals surface area contributed by atoms with Crippen LogP contribution in [-0.4, -0.2) is 122 Å². The molecule has 6 rings (SSSR count). The predicted octanol–water partition coefficient (Wildman–Crippen LogP) is 5.79. The summed E-state index contributed by atoms with van der Waals surface area (Å²) in [5.41, 5.74) is 1.28. The summed E-state index contributed by atoms with van der Waals surface area (Å²) >= 11 is 0. The van der Waals surface area contributed by atoms with Crippen molar-refractivity contribution in [2.45, 2.75) is 93.3 Å². The molecular formula is C43H52N3O17S5+. The summed E-state index contributed by atoms with van der Waals surface area (Å²) in [6.07, 6.45) is 7.54. The van der Waals surface area contributed by atoms with E-state index in [1.165, 1.54) is 12.1 Å². The number of aromatic carboxylic acids is 1. The fourth-order valence-electron chi connectivity index (χ4n) is 9.65. The van der Waals surface area contributed by atoms with E-state index >= 15 is 0 Å². The monoisotopic (exact) mass is 1040 g/mol. The van der Waals surface area contributed by atoms with Gasteiger partial charge in [-0.05, 0) is 82.2 Å². The summed E-state index contributed by atoms with van der Waals surface area (Å²) in [5, 5.41) is 10.1. The van der Waals surface area contributed by atoms with Crippen LogP contribution in [-0.2, 0) is 66.8 Å². The highest BCUT2D eigenvalue weighted by Crippen LogP contribution is 2.56. The van der Waals surface area contributed by atoms with Gasteiger partial charge in [-0.3, -0.25) is 27.8 Å². The Kier molecular flexibility index (Phi) is 13.9. The van der Waals surface area contributed by atoms with Gasteiger partial charge in [0.2, 0.25) is 5.69 Å². The van der Waals surface area contributed by atoms with Gasteiger partial charge in [0.1, 0.15) is 11.4 Å². The van der Waals surface area contributed by atoms with Gasteiger partial charge in [-0.15, -0.1) is 0 Å². The van der Waals surface area contributed by atoms with Crippen LogP contribution in [0.1, 0.15) is 94.3 Å². The fraction of sp³-hybridized carbons (Fsp3) is 0.419. The maximum Gasteiger partial charge on any atom is 0.336 e. The molecule has 0 aliphatic carbocycles. The van der Waals surface area contributed by atoms with E-state index in [2.05, 4.69) is 0 Å². The summed E-state index contributed by atoms with van der Waals surface area (Å²) in [6, 6.07) is 5.81. The van der Waals surface area contributed by atoms with E-state index in [0.717, 1.165) is 6.07 Å². The molecule has 0 radical (unpaired) electrons. The predicted molar refractivity (Wildman–Crippen MR) is 254 cm³/mol. The maximum absolute atomic E-state index is 12.8. The Balaban J connectivity index is 1.55. The lowest BCUT2D eigenvalue weighted by Gasteiger charge is -2.31. The molecule has 1 unspecified atom stereocenters. The topological polar surface area (TPSA) is 328 Å². The van der Waals surface area contributed by atoms with Gasteiger partial charge in [-0.25, -0.2) is 4.79 Å². The Morgan fingerprint density at radius 3 is 1.88 bits per heavy atom. The Morgan fingerprint density at radius 1 is 0.706 bits per heavy atom. The molecule has 0 amide bonds. The van der Waals surface area contributed by atoms with Crippen molar-refractivity contribution in [3.63, 3.8) is 0 Å². The first kappa shape index (κ1) is 52.7. The Labute approximate surface area is 395 Å². The lowest BCUT2D eigenvalue weighted by molar-refractivity contribution is -0.437. The number of hydrogen-bond donors (Lipinski definition) is 6. The van der Waals surface area contributed by atoms with E-state index < -0.39 is 99.9 Å². The normalized spacial score (nSPS) is 20.0. The molecule has 370 valence electrons. The zero-order valence-electron chi connectivity index (χ0n) is 37.7. The van der Waals surface area contributed by atoms with Gasteiger partial charge in [0.15, 0.2) is 5.71 Å². The highest BCUT2D eigenvalue weighted by Gasteiger charge is 2.51. The molecule has 1 atom stereocenters. The summed E-state index contributed by atoms with van der Waals surface area (Å²) < 4.78 is 173. The molecule has 6 N–H and O–H groups in total. The average Bonchev–Trinajstić information content (AvgIpc) is 3.65. The molecule has 0 spiro atoms. The molecule has 3 aromatic rings. The molecule has 0 bridgehead atoms. The summed E-state index contributed by atoms with van der Waals surface area (Å²) in [7, 11) is -23.7. The van der Waals surface area contributed by atoms with Crippen molar-refractivity contribution in [2.75, 3.05) is 35.2 Å².